The van der Waals surface area contributed by atoms with E-state index in [-0.39, 0.29) is 16.7 Å². The van der Waals surface area contributed by atoms with Crippen molar-refractivity contribution in [2.75, 3.05) is 50.0 Å². The van der Waals surface area contributed by atoms with Crippen LogP contribution in [0.25, 0.3) is 0 Å². The van der Waals surface area contributed by atoms with Gasteiger partial charge in [0.15, 0.2) is 0 Å². The van der Waals surface area contributed by atoms with Crippen molar-refractivity contribution >= 4 is 44.7 Å². The van der Waals surface area contributed by atoms with Gasteiger partial charge in [0.1, 0.15) is 4.21 Å². The molecule has 1 aliphatic rings. The van der Waals surface area contributed by atoms with E-state index in [9.17, 15) is 13.2 Å². The third kappa shape index (κ3) is 5.81. The lowest BCUT2D eigenvalue weighted by Crippen LogP contribution is -2.34. The van der Waals surface area contributed by atoms with Crippen LogP contribution in [-0.2, 0) is 21.2 Å². The fraction of sp³-hybridized carbons (Fsp3) is 0.421. The van der Waals surface area contributed by atoms with E-state index in [1.54, 1.807) is 11.4 Å². The fourth-order valence-electron chi connectivity index (χ4n) is 2.92. The number of anilines is 1. The van der Waals surface area contributed by atoms with Crippen LogP contribution < -0.4 is 5.32 Å². The molecule has 9 heteroatoms. The molecule has 2 heterocycles. The molecule has 0 spiro atoms. The molecule has 0 unspecified atom stereocenters. The minimum Gasteiger partial charge on any atom is -0.325 e. The molecule has 2 aromatic rings. The maximum atomic E-state index is 12.4. The molecule has 1 N–H and O–H groups in total. The van der Waals surface area contributed by atoms with E-state index in [2.05, 4.69) is 10.2 Å². The number of carbonyl (C=O) groups excluding carboxylic acids is 1. The van der Waals surface area contributed by atoms with E-state index in [1.807, 2.05) is 36.0 Å². The second-order valence-electron chi connectivity index (χ2n) is 6.64. The van der Waals surface area contributed by atoms with Gasteiger partial charge < -0.3 is 10.2 Å². The predicted molar refractivity (Wildman–Crippen MR) is 117 cm³/mol. The predicted octanol–water partition coefficient (Wildman–Crippen LogP) is 2.60. The van der Waals surface area contributed by atoms with Crippen LogP contribution in [0.2, 0.25) is 0 Å². The largest absolute Gasteiger partial charge is 0.325 e. The number of hydrogen-bond donors (Lipinski definition) is 1. The van der Waals surface area contributed by atoms with Gasteiger partial charge in [-0.2, -0.15) is 16.1 Å². The summed E-state index contributed by atoms with van der Waals surface area (Å²) in [5.41, 5.74) is 1.90. The molecule has 3 rings (SSSR count). The van der Waals surface area contributed by atoms with Crippen LogP contribution in [0, 0.1) is 0 Å². The van der Waals surface area contributed by atoms with Crippen LogP contribution in [0.3, 0.4) is 0 Å². The molecule has 152 valence electrons. The first kappa shape index (κ1) is 21.3. The number of likely N-dealkylation sites (N-methyl/N-ethyl adjacent to an activating group) is 1. The summed E-state index contributed by atoms with van der Waals surface area (Å²) in [6.45, 7) is 3.13. The minimum absolute atomic E-state index is 0.227. The Morgan fingerprint density at radius 1 is 1.18 bits per heavy atom. The molecule has 1 aliphatic heterocycles. The lowest BCUT2D eigenvalue weighted by atomic mass is 10.1. The van der Waals surface area contributed by atoms with Crippen molar-refractivity contribution in [3.63, 3.8) is 0 Å². The van der Waals surface area contributed by atoms with E-state index in [0.717, 1.165) is 41.7 Å². The molecule has 0 bridgehead atoms. The summed E-state index contributed by atoms with van der Waals surface area (Å²) < 4.78 is 26.1. The number of thioether (sulfide) groups is 1. The number of benzene rings is 1. The highest BCUT2D eigenvalue weighted by Crippen LogP contribution is 2.20. The van der Waals surface area contributed by atoms with Gasteiger partial charge in [0.2, 0.25) is 5.91 Å². The van der Waals surface area contributed by atoms with Gasteiger partial charge in [-0.05, 0) is 35.6 Å². The summed E-state index contributed by atoms with van der Waals surface area (Å²) in [5, 5.41) is 4.47. The van der Waals surface area contributed by atoms with Gasteiger partial charge in [-0.25, -0.2) is 8.42 Å². The fourth-order valence-corrected chi connectivity index (χ4v) is 6.23. The van der Waals surface area contributed by atoms with Crippen LogP contribution in [0.4, 0.5) is 5.69 Å². The molecule has 1 amide bonds. The lowest BCUT2D eigenvalue weighted by Gasteiger charge is -2.26. The summed E-state index contributed by atoms with van der Waals surface area (Å²) in [4.78, 5) is 14.7. The summed E-state index contributed by atoms with van der Waals surface area (Å²) >= 11 is 3.15. The van der Waals surface area contributed by atoms with Crippen molar-refractivity contribution in [1.29, 1.82) is 0 Å². The third-order valence-corrected chi connectivity index (χ3v) is 8.70. The Bertz CT molecular complexity index is 862. The van der Waals surface area contributed by atoms with Crippen molar-refractivity contribution < 1.29 is 13.2 Å². The van der Waals surface area contributed by atoms with Gasteiger partial charge in [-0.3, -0.25) is 4.79 Å². The first-order valence-electron chi connectivity index (χ1n) is 9.14. The summed E-state index contributed by atoms with van der Waals surface area (Å²) in [6.07, 6.45) is 0.987. The minimum atomic E-state index is -3.62. The molecule has 1 aromatic heterocycles. The number of sulfonamides is 1. The van der Waals surface area contributed by atoms with E-state index in [1.165, 1.54) is 30.2 Å². The second kappa shape index (κ2) is 9.89. The zero-order valence-electron chi connectivity index (χ0n) is 15.8. The van der Waals surface area contributed by atoms with E-state index >= 15 is 0 Å². The van der Waals surface area contributed by atoms with Crippen LogP contribution in [0.1, 0.15) is 5.56 Å². The molecule has 28 heavy (non-hydrogen) atoms. The molecule has 0 atom stereocenters. The number of amides is 1. The first-order valence-corrected chi connectivity index (χ1v) is 12.6. The molecular weight excluding hydrogens is 414 g/mol. The van der Waals surface area contributed by atoms with Gasteiger partial charge in [0.25, 0.3) is 10.0 Å². The quantitative estimate of drug-likeness (QED) is 0.685. The average molecular weight is 440 g/mol. The lowest BCUT2D eigenvalue weighted by molar-refractivity contribution is -0.116. The average Bonchev–Trinajstić information content (AvgIpc) is 3.24. The van der Waals surface area contributed by atoms with Gasteiger partial charge in [0, 0.05) is 43.9 Å². The molecule has 1 saturated heterocycles. The van der Waals surface area contributed by atoms with Crippen LogP contribution >= 0.6 is 23.1 Å². The molecule has 0 aliphatic carbocycles. The van der Waals surface area contributed by atoms with Crippen molar-refractivity contribution in [1.82, 2.24) is 9.21 Å². The molecule has 0 saturated carbocycles. The smallest absolute Gasteiger partial charge is 0.252 e. The van der Waals surface area contributed by atoms with Gasteiger partial charge in [-0.1, -0.05) is 18.2 Å². The van der Waals surface area contributed by atoms with E-state index in [0.29, 0.717) is 5.69 Å². The summed E-state index contributed by atoms with van der Waals surface area (Å²) in [5.74, 6) is 2.06. The van der Waals surface area contributed by atoms with Crippen LogP contribution in [0.5, 0.6) is 0 Å². The number of hydrogen-bond acceptors (Lipinski definition) is 6. The van der Waals surface area contributed by atoms with Crippen LogP contribution in [-0.4, -0.2) is 68.3 Å². The maximum absolute atomic E-state index is 12.4. The van der Waals surface area contributed by atoms with Crippen molar-refractivity contribution in [3.8, 4) is 0 Å². The number of rotatable bonds is 8. The normalized spacial score (nSPS) is 15.6. The van der Waals surface area contributed by atoms with Gasteiger partial charge >= 0.3 is 0 Å². The topological polar surface area (TPSA) is 69.7 Å². The van der Waals surface area contributed by atoms with E-state index < -0.39 is 10.0 Å². The zero-order valence-corrected chi connectivity index (χ0v) is 18.3. The maximum Gasteiger partial charge on any atom is 0.252 e. The number of carbonyl (C=O) groups is 1. The van der Waals surface area contributed by atoms with Gasteiger partial charge in [0.05, 0.1) is 6.54 Å². The molecule has 0 radical (unpaired) electrons. The van der Waals surface area contributed by atoms with Crippen molar-refractivity contribution in [2.24, 2.45) is 0 Å². The Balaban J connectivity index is 1.48. The van der Waals surface area contributed by atoms with Crippen molar-refractivity contribution in [3.05, 3.63) is 47.3 Å². The second-order valence-corrected chi connectivity index (χ2v) is 11.1. The Hall–Kier alpha value is -1.39. The highest BCUT2D eigenvalue weighted by molar-refractivity contribution is 7.99. The zero-order chi connectivity index (χ0) is 20.0. The van der Waals surface area contributed by atoms with Gasteiger partial charge in [-0.15, -0.1) is 11.3 Å². The standard InChI is InChI=1S/C19H25N3O3S3/c1-21(28(24,25)19-3-2-12-27-19)15-18(23)20-17-6-4-16(5-7-17)8-9-22-10-13-26-14-11-22/h2-7,12H,8-11,13-15H2,1H3,(H,20,23). The molecule has 1 fully saturated rings. The Labute approximate surface area is 175 Å². The van der Waals surface area contributed by atoms with Crippen LogP contribution in [0.15, 0.2) is 46.0 Å². The number of nitrogens with one attached hydrogen (secondary N) is 1. The highest BCUT2D eigenvalue weighted by atomic mass is 32.2. The first-order chi connectivity index (χ1) is 13.4. The Morgan fingerprint density at radius 3 is 2.54 bits per heavy atom. The molecule has 1 aromatic carbocycles. The van der Waals surface area contributed by atoms with E-state index in [4.69, 9.17) is 0 Å². The number of thiophene rings is 1. The summed E-state index contributed by atoms with van der Waals surface area (Å²) in [6, 6.07) is 11.0. The molecule has 6 nitrogen and oxygen atoms in total. The monoisotopic (exact) mass is 439 g/mol. The van der Waals surface area contributed by atoms with Crippen molar-refractivity contribution in [2.45, 2.75) is 10.6 Å². The highest BCUT2D eigenvalue weighted by Gasteiger charge is 2.23. The molecular formula is C19H25N3O3S3. The number of nitrogens with zero attached hydrogens (tertiary/aromatic N) is 2. The Morgan fingerprint density at radius 2 is 1.89 bits per heavy atom. The Kier molecular flexibility index (Phi) is 7.53. The third-order valence-electron chi connectivity index (χ3n) is 4.58. The SMILES string of the molecule is CN(CC(=O)Nc1ccc(CCN2CCSCC2)cc1)S(=O)(=O)c1cccs1. The summed E-state index contributed by atoms with van der Waals surface area (Å²) in [7, 11) is -2.21.